The highest BCUT2D eigenvalue weighted by Crippen LogP contribution is 2.28. The first kappa shape index (κ1) is 16.0. The Labute approximate surface area is 122 Å². The van der Waals surface area contributed by atoms with E-state index in [1.807, 2.05) is 19.1 Å². The Hall–Kier alpha value is -0.0900. The number of hydrogen-bond acceptors (Lipinski definition) is 2. The van der Waals surface area contributed by atoms with E-state index in [1.54, 1.807) is 12.3 Å². The number of rotatable bonds is 6. The molecule has 2 nitrogen and oxygen atoms in total. The molecule has 0 aliphatic rings. The van der Waals surface area contributed by atoms with Gasteiger partial charge in [0.05, 0.1) is 0 Å². The number of halogens is 2. The summed E-state index contributed by atoms with van der Waals surface area (Å²) < 4.78 is 11.2. The van der Waals surface area contributed by atoms with Crippen molar-refractivity contribution in [2.75, 3.05) is 12.0 Å². The fraction of sp³-hybridized carbons (Fsp3) is 0.538. The van der Waals surface area contributed by atoms with Crippen LogP contribution in [0.5, 0.6) is 0 Å². The lowest BCUT2D eigenvalue weighted by atomic mass is 10.0. The molecular formula is C13H19Cl2NOS. The average Bonchev–Trinajstić information content (AvgIpc) is 2.25. The lowest BCUT2D eigenvalue weighted by Crippen LogP contribution is -2.34. The van der Waals surface area contributed by atoms with Gasteiger partial charge in [0.15, 0.2) is 0 Å². The Morgan fingerprint density at radius 3 is 2.56 bits per heavy atom. The van der Waals surface area contributed by atoms with E-state index in [-0.39, 0.29) is 12.1 Å². The second-order valence-corrected chi connectivity index (χ2v) is 6.76. The van der Waals surface area contributed by atoms with Gasteiger partial charge in [-0.2, -0.15) is 0 Å². The maximum Gasteiger partial charge on any atom is 0.0468 e. The van der Waals surface area contributed by atoms with Crippen molar-refractivity contribution in [3.8, 4) is 0 Å². The first-order chi connectivity index (χ1) is 8.43. The van der Waals surface area contributed by atoms with Crippen LogP contribution in [0, 0.1) is 0 Å². The molecule has 1 rings (SSSR count). The molecule has 0 aromatic heterocycles. The molecule has 3 atom stereocenters. The van der Waals surface area contributed by atoms with Crippen molar-refractivity contribution in [3.05, 3.63) is 33.8 Å². The van der Waals surface area contributed by atoms with Gasteiger partial charge in [0.1, 0.15) is 0 Å². The van der Waals surface area contributed by atoms with Crippen LogP contribution in [0.1, 0.15) is 31.9 Å². The van der Waals surface area contributed by atoms with Gasteiger partial charge in [0, 0.05) is 44.9 Å². The molecule has 0 saturated heterocycles. The second-order valence-electron chi connectivity index (χ2n) is 4.43. The molecule has 0 amide bonds. The van der Waals surface area contributed by atoms with Crippen molar-refractivity contribution in [3.63, 3.8) is 0 Å². The highest BCUT2D eigenvalue weighted by atomic mass is 35.5. The molecule has 0 saturated carbocycles. The van der Waals surface area contributed by atoms with Crippen LogP contribution in [0.25, 0.3) is 0 Å². The summed E-state index contributed by atoms with van der Waals surface area (Å²) >= 11 is 12.1. The topological polar surface area (TPSA) is 29.1 Å². The molecule has 18 heavy (non-hydrogen) atoms. The zero-order chi connectivity index (χ0) is 13.7. The minimum atomic E-state index is -0.796. The first-order valence-corrected chi connectivity index (χ1v) is 8.43. The van der Waals surface area contributed by atoms with Crippen LogP contribution in [0.15, 0.2) is 18.2 Å². The van der Waals surface area contributed by atoms with Gasteiger partial charge in [-0.25, -0.2) is 0 Å². The molecule has 0 heterocycles. The van der Waals surface area contributed by atoms with Crippen LogP contribution >= 0.6 is 23.2 Å². The summed E-state index contributed by atoms with van der Waals surface area (Å²) in [5, 5.41) is 4.77. The van der Waals surface area contributed by atoms with E-state index in [0.29, 0.717) is 15.8 Å². The fourth-order valence-corrected chi connectivity index (χ4v) is 3.30. The summed E-state index contributed by atoms with van der Waals surface area (Å²) in [6.07, 6.45) is 2.64. The van der Waals surface area contributed by atoms with Crippen LogP contribution < -0.4 is 5.32 Å². The van der Waals surface area contributed by atoms with Gasteiger partial charge in [0.25, 0.3) is 0 Å². The summed E-state index contributed by atoms with van der Waals surface area (Å²) in [5.41, 5.74) is 1.04. The Kier molecular flexibility index (Phi) is 6.64. The molecule has 5 heteroatoms. The van der Waals surface area contributed by atoms with Gasteiger partial charge in [-0.05, 0) is 31.0 Å². The molecule has 0 aliphatic heterocycles. The Morgan fingerprint density at radius 2 is 2.06 bits per heavy atom. The van der Waals surface area contributed by atoms with Crippen molar-refractivity contribution in [1.29, 1.82) is 0 Å². The summed E-state index contributed by atoms with van der Waals surface area (Å²) in [6.45, 7) is 4.13. The molecule has 1 N–H and O–H groups in total. The summed E-state index contributed by atoms with van der Waals surface area (Å²) in [7, 11) is -0.796. The Balaban J connectivity index is 2.79. The smallest absolute Gasteiger partial charge is 0.0468 e. The van der Waals surface area contributed by atoms with Gasteiger partial charge < -0.3 is 5.32 Å². The molecule has 1 aromatic rings. The number of benzene rings is 1. The first-order valence-electron chi connectivity index (χ1n) is 5.95. The molecule has 3 unspecified atom stereocenters. The molecular weight excluding hydrogens is 289 g/mol. The van der Waals surface area contributed by atoms with Gasteiger partial charge in [-0.1, -0.05) is 36.2 Å². The van der Waals surface area contributed by atoms with Crippen molar-refractivity contribution in [2.24, 2.45) is 0 Å². The third kappa shape index (κ3) is 4.88. The normalized spacial score (nSPS) is 16.3. The number of nitrogens with one attached hydrogen (secondary N) is 1. The van der Waals surface area contributed by atoms with E-state index in [1.165, 1.54) is 0 Å². The van der Waals surface area contributed by atoms with Crippen LogP contribution in [-0.2, 0) is 10.8 Å². The molecule has 0 bridgehead atoms. The van der Waals surface area contributed by atoms with Gasteiger partial charge in [0.2, 0.25) is 0 Å². The van der Waals surface area contributed by atoms with E-state index in [2.05, 4.69) is 12.2 Å². The van der Waals surface area contributed by atoms with E-state index in [0.717, 1.165) is 12.0 Å². The molecule has 0 fully saturated rings. The molecule has 0 spiro atoms. The lowest BCUT2D eigenvalue weighted by molar-refractivity contribution is 0.468. The van der Waals surface area contributed by atoms with E-state index in [4.69, 9.17) is 23.2 Å². The van der Waals surface area contributed by atoms with Crippen LogP contribution in [0.2, 0.25) is 10.0 Å². The Morgan fingerprint density at radius 1 is 1.39 bits per heavy atom. The minimum Gasteiger partial charge on any atom is -0.306 e. The largest absolute Gasteiger partial charge is 0.306 e. The van der Waals surface area contributed by atoms with Crippen LogP contribution in [0.3, 0.4) is 0 Å². The van der Waals surface area contributed by atoms with Crippen molar-refractivity contribution in [1.82, 2.24) is 5.32 Å². The zero-order valence-corrected chi connectivity index (χ0v) is 13.2. The quantitative estimate of drug-likeness (QED) is 0.866. The monoisotopic (exact) mass is 307 g/mol. The van der Waals surface area contributed by atoms with E-state index >= 15 is 0 Å². The zero-order valence-electron chi connectivity index (χ0n) is 10.9. The average molecular weight is 308 g/mol. The molecule has 102 valence electrons. The van der Waals surface area contributed by atoms with E-state index < -0.39 is 10.8 Å². The SMILES string of the molecule is CCC(NC(C)CS(C)=O)c1ccc(Cl)cc1Cl. The Bertz CT molecular complexity index is 425. The highest BCUT2D eigenvalue weighted by Gasteiger charge is 2.16. The van der Waals surface area contributed by atoms with Crippen LogP contribution in [-0.4, -0.2) is 22.3 Å². The molecule has 1 aromatic carbocycles. The fourth-order valence-electron chi connectivity index (χ4n) is 1.96. The maximum atomic E-state index is 11.2. The van der Waals surface area contributed by atoms with Crippen LogP contribution in [0.4, 0.5) is 0 Å². The molecule has 0 aliphatic carbocycles. The van der Waals surface area contributed by atoms with Gasteiger partial charge in [-0.3, -0.25) is 4.21 Å². The summed E-state index contributed by atoms with van der Waals surface area (Å²) in [4.78, 5) is 0. The third-order valence-corrected chi connectivity index (χ3v) is 4.25. The summed E-state index contributed by atoms with van der Waals surface area (Å²) in [5.74, 6) is 0.641. The minimum absolute atomic E-state index is 0.160. The predicted octanol–water partition coefficient (Wildman–Crippen LogP) is 3.80. The second kappa shape index (κ2) is 7.49. The standard InChI is InChI=1S/C13H19Cl2NOS/c1-4-13(16-9(2)8-18(3)17)11-6-5-10(14)7-12(11)15/h5-7,9,13,16H,4,8H2,1-3H3. The van der Waals surface area contributed by atoms with Crippen molar-refractivity contribution < 1.29 is 4.21 Å². The summed E-state index contributed by atoms with van der Waals surface area (Å²) in [6, 6.07) is 5.89. The van der Waals surface area contributed by atoms with Gasteiger partial charge >= 0.3 is 0 Å². The number of hydrogen-bond donors (Lipinski definition) is 1. The third-order valence-electron chi connectivity index (χ3n) is 2.72. The molecule has 0 radical (unpaired) electrons. The van der Waals surface area contributed by atoms with Crippen molar-refractivity contribution in [2.45, 2.75) is 32.4 Å². The van der Waals surface area contributed by atoms with Crippen molar-refractivity contribution >= 4 is 34.0 Å². The lowest BCUT2D eigenvalue weighted by Gasteiger charge is -2.23. The van der Waals surface area contributed by atoms with E-state index in [9.17, 15) is 4.21 Å². The van der Waals surface area contributed by atoms with Gasteiger partial charge in [-0.15, -0.1) is 0 Å². The predicted molar refractivity (Wildman–Crippen MR) is 81.0 cm³/mol. The highest BCUT2D eigenvalue weighted by molar-refractivity contribution is 7.84. The maximum absolute atomic E-state index is 11.2.